The first-order valence-electron chi connectivity index (χ1n) is 4.70. The van der Waals surface area contributed by atoms with Crippen LogP contribution in [0.2, 0.25) is 0 Å². The summed E-state index contributed by atoms with van der Waals surface area (Å²) < 4.78 is 0. The Bertz CT molecular complexity index is 212. The molecule has 2 heterocycles. The third-order valence-electron chi connectivity index (χ3n) is 3.10. The van der Waals surface area contributed by atoms with Gasteiger partial charge in [-0.2, -0.15) is 11.8 Å². The molecule has 4 heteroatoms. The molecule has 2 bridgehead atoms. The Balaban J connectivity index is 1.77. The Morgan fingerprint density at radius 3 is 2.62 bits per heavy atom. The van der Waals surface area contributed by atoms with Gasteiger partial charge < -0.3 is 14.8 Å². The van der Waals surface area contributed by atoms with Gasteiger partial charge in [0.15, 0.2) is 0 Å². The molecule has 0 aromatic heterocycles. The number of fused-ring (bicyclic) bond motifs is 2. The van der Waals surface area contributed by atoms with Crippen molar-refractivity contribution < 1.29 is 9.90 Å². The molecule has 0 unspecified atom stereocenters. The lowest BCUT2D eigenvalue weighted by molar-refractivity contribution is -0.301. The van der Waals surface area contributed by atoms with Crippen molar-refractivity contribution in [3.05, 3.63) is 0 Å². The Labute approximate surface area is 82.5 Å². The van der Waals surface area contributed by atoms with Gasteiger partial charge in [-0.05, 0) is 31.3 Å². The molecule has 0 N–H and O–H groups in total. The molecule has 0 aromatic rings. The van der Waals surface area contributed by atoms with Crippen LogP contribution in [0.4, 0.5) is 0 Å². The molecular weight excluding hydrogens is 186 g/mol. The highest BCUT2D eigenvalue weighted by Crippen LogP contribution is 2.42. The zero-order chi connectivity index (χ0) is 9.31. The molecule has 2 fully saturated rings. The lowest BCUT2D eigenvalue weighted by Crippen LogP contribution is -2.27. The van der Waals surface area contributed by atoms with Gasteiger partial charge in [0, 0.05) is 18.1 Å². The second-order valence-electron chi connectivity index (χ2n) is 4.14. The monoisotopic (exact) mass is 200 g/mol. The minimum atomic E-state index is -0.936. The smallest absolute Gasteiger partial charge is 0.0513 e. The number of carbonyl (C=O) groups excluding carboxylic acids is 1. The molecule has 0 spiro atoms. The van der Waals surface area contributed by atoms with Crippen molar-refractivity contribution >= 4 is 17.7 Å². The second-order valence-corrected chi connectivity index (χ2v) is 5.13. The van der Waals surface area contributed by atoms with Crippen LogP contribution >= 0.6 is 11.8 Å². The van der Waals surface area contributed by atoms with E-state index in [1.165, 1.54) is 44.2 Å². The molecule has 2 saturated heterocycles. The highest BCUT2D eigenvalue weighted by atomic mass is 32.2. The van der Waals surface area contributed by atoms with Crippen LogP contribution in [0.1, 0.15) is 12.8 Å². The van der Waals surface area contributed by atoms with E-state index in [9.17, 15) is 9.90 Å². The molecule has 0 saturated carbocycles. The third kappa shape index (κ3) is 1.99. The number of nitrogens with zero attached hydrogens (tertiary/aromatic N) is 1. The molecule has 0 aliphatic carbocycles. The van der Waals surface area contributed by atoms with Gasteiger partial charge in [0.1, 0.15) is 0 Å². The first-order chi connectivity index (χ1) is 6.20. The van der Waals surface area contributed by atoms with Crippen molar-refractivity contribution in [2.24, 2.45) is 5.41 Å². The fourth-order valence-corrected chi connectivity index (χ4v) is 3.44. The molecule has 74 valence electrons. The normalized spacial score (nSPS) is 36.8. The molecular formula is C9H14NO2S-. The van der Waals surface area contributed by atoms with Crippen LogP contribution < -0.4 is 5.11 Å². The lowest BCUT2D eigenvalue weighted by atomic mass is 9.87. The summed E-state index contributed by atoms with van der Waals surface area (Å²) in [6.07, 6.45) is 2.51. The molecule has 0 radical (unpaired) electrons. The first-order valence-corrected chi connectivity index (χ1v) is 5.86. The summed E-state index contributed by atoms with van der Waals surface area (Å²) >= 11 is 1.52. The van der Waals surface area contributed by atoms with E-state index in [0.717, 1.165) is 5.75 Å². The summed E-state index contributed by atoms with van der Waals surface area (Å²) in [4.78, 5) is 12.7. The summed E-state index contributed by atoms with van der Waals surface area (Å²) in [5, 5.41) is 10.2. The molecule has 2 rings (SSSR count). The van der Waals surface area contributed by atoms with Crippen LogP contribution in [0.3, 0.4) is 0 Å². The number of hydrogen-bond donors (Lipinski definition) is 0. The Kier molecular flexibility index (Phi) is 2.51. The highest BCUT2D eigenvalue weighted by molar-refractivity contribution is 7.99. The zero-order valence-corrected chi connectivity index (χ0v) is 8.44. The van der Waals surface area contributed by atoms with Crippen molar-refractivity contribution in [1.29, 1.82) is 0 Å². The van der Waals surface area contributed by atoms with Crippen LogP contribution in [0.25, 0.3) is 0 Å². The number of thioether (sulfide) groups is 1. The van der Waals surface area contributed by atoms with Gasteiger partial charge in [0.2, 0.25) is 0 Å². The van der Waals surface area contributed by atoms with Crippen LogP contribution in [0.15, 0.2) is 0 Å². The molecule has 2 aliphatic rings. The fraction of sp³-hybridized carbons (Fsp3) is 0.889. The standard InChI is InChI=1S/C9H15NO2S/c11-8(12)5-13-7-9-1-3-10(6-9)4-2-9/h1-7H2,(H,11,12)/p-1. The minimum Gasteiger partial charge on any atom is -0.549 e. The van der Waals surface area contributed by atoms with Crippen LogP contribution in [0, 0.1) is 5.41 Å². The van der Waals surface area contributed by atoms with E-state index in [4.69, 9.17) is 0 Å². The SMILES string of the molecule is O=C([O-])CSCC12CCN(CC1)C2. The maximum absolute atomic E-state index is 10.2. The van der Waals surface area contributed by atoms with E-state index >= 15 is 0 Å². The van der Waals surface area contributed by atoms with E-state index in [0.29, 0.717) is 5.41 Å². The first kappa shape index (κ1) is 9.34. The molecule has 2 aliphatic heterocycles. The van der Waals surface area contributed by atoms with E-state index in [-0.39, 0.29) is 5.75 Å². The van der Waals surface area contributed by atoms with Gasteiger partial charge in [-0.25, -0.2) is 0 Å². The fourth-order valence-electron chi connectivity index (χ4n) is 2.36. The van der Waals surface area contributed by atoms with Gasteiger partial charge in [0.25, 0.3) is 0 Å². The van der Waals surface area contributed by atoms with E-state index in [1.54, 1.807) is 0 Å². The Hall–Kier alpha value is -0.220. The average Bonchev–Trinajstić information content (AvgIpc) is 2.62. The number of carboxylic acids is 1. The highest BCUT2D eigenvalue weighted by Gasteiger charge is 2.42. The summed E-state index contributed by atoms with van der Waals surface area (Å²) in [5.74, 6) is 0.216. The predicted octanol–water partition coefficient (Wildman–Crippen LogP) is -0.435. The number of rotatable bonds is 4. The topological polar surface area (TPSA) is 43.4 Å². The third-order valence-corrected chi connectivity index (χ3v) is 4.36. The van der Waals surface area contributed by atoms with Crippen molar-refractivity contribution in [2.75, 3.05) is 31.1 Å². The summed E-state index contributed by atoms with van der Waals surface area (Å²) in [6.45, 7) is 3.62. The predicted molar refractivity (Wildman–Crippen MR) is 50.4 cm³/mol. The van der Waals surface area contributed by atoms with Crippen molar-refractivity contribution in [3.8, 4) is 0 Å². The van der Waals surface area contributed by atoms with Crippen LogP contribution in [-0.2, 0) is 4.79 Å². The van der Waals surface area contributed by atoms with E-state index < -0.39 is 5.97 Å². The van der Waals surface area contributed by atoms with Crippen molar-refractivity contribution in [2.45, 2.75) is 12.8 Å². The zero-order valence-electron chi connectivity index (χ0n) is 7.62. The summed E-state index contributed by atoms with van der Waals surface area (Å²) in [5.41, 5.74) is 0.445. The van der Waals surface area contributed by atoms with E-state index in [1.807, 2.05) is 0 Å². The largest absolute Gasteiger partial charge is 0.549 e. The van der Waals surface area contributed by atoms with Gasteiger partial charge in [-0.3, -0.25) is 0 Å². The molecule has 13 heavy (non-hydrogen) atoms. The van der Waals surface area contributed by atoms with Gasteiger partial charge >= 0.3 is 0 Å². The minimum absolute atomic E-state index is 0.155. The average molecular weight is 200 g/mol. The van der Waals surface area contributed by atoms with Gasteiger partial charge in [0.05, 0.1) is 5.97 Å². The Morgan fingerprint density at radius 1 is 1.46 bits per heavy atom. The molecule has 3 nitrogen and oxygen atoms in total. The number of carbonyl (C=O) groups is 1. The second kappa shape index (κ2) is 3.50. The quantitative estimate of drug-likeness (QED) is 0.617. The van der Waals surface area contributed by atoms with Crippen LogP contribution in [-0.4, -0.2) is 42.0 Å². The molecule has 0 atom stereocenters. The van der Waals surface area contributed by atoms with Crippen molar-refractivity contribution in [3.63, 3.8) is 0 Å². The number of aliphatic carboxylic acids is 1. The summed E-state index contributed by atoms with van der Waals surface area (Å²) in [6, 6.07) is 0. The van der Waals surface area contributed by atoms with E-state index in [2.05, 4.69) is 4.90 Å². The molecule has 0 aromatic carbocycles. The van der Waals surface area contributed by atoms with Crippen LogP contribution in [0.5, 0.6) is 0 Å². The van der Waals surface area contributed by atoms with Gasteiger partial charge in [-0.15, -0.1) is 0 Å². The number of carboxylic acid groups (broad SMARTS) is 1. The summed E-state index contributed by atoms with van der Waals surface area (Å²) in [7, 11) is 0. The maximum atomic E-state index is 10.2. The number of hydrogen-bond acceptors (Lipinski definition) is 4. The van der Waals surface area contributed by atoms with Gasteiger partial charge in [-0.1, -0.05) is 0 Å². The Morgan fingerprint density at radius 2 is 2.15 bits per heavy atom. The lowest BCUT2D eigenvalue weighted by Gasteiger charge is -2.24. The number of piperidine rings is 1. The maximum Gasteiger partial charge on any atom is 0.0513 e. The molecule has 0 amide bonds. The van der Waals surface area contributed by atoms with Crippen molar-refractivity contribution in [1.82, 2.24) is 4.90 Å².